The molecule has 1 heterocycles. The third kappa shape index (κ3) is 7.90. The molecule has 112 valence electrons. The standard InChI is InChI=1S/C18H22O3/c1-2-3-4-5-6-7-8-9-11-16(13-14-18(19)20)17-12-10-15-21-17/h1,10,12,15-16H,5-9,11,13-14H2,(H,19,20). The Bertz CT molecular complexity index is 497. The molecular weight excluding hydrogens is 264 g/mol. The van der Waals surface area contributed by atoms with Crippen molar-refractivity contribution in [2.24, 2.45) is 0 Å². The number of furan rings is 1. The van der Waals surface area contributed by atoms with E-state index >= 15 is 0 Å². The van der Waals surface area contributed by atoms with E-state index in [1.54, 1.807) is 6.26 Å². The average Bonchev–Trinajstić information content (AvgIpc) is 2.98. The van der Waals surface area contributed by atoms with Gasteiger partial charge in [-0.2, -0.15) is 0 Å². The topological polar surface area (TPSA) is 50.4 Å². The fraction of sp³-hybridized carbons (Fsp3) is 0.500. The first kappa shape index (κ1) is 16.9. The zero-order chi connectivity index (χ0) is 15.3. The second-order valence-corrected chi connectivity index (χ2v) is 5.04. The summed E-state index contributed by atoms with van der Waals surface area (Å²) in [5.74, 6) is 8.19. The van der Waals surface area contributed by atoms with Crippen LogP contribution in [0.1, 0.15) is 63.0 Å². The molecule has 1 rings (SSSR count). The molecule has 1 unspecified atom stereocenters. The van der Waals surface area contributed by atoms with E-state index in [0.29, 0.717) is 6.42 Å². The third-order valence-corrected chi connectivity index (χ3v) is 3.42. The number of carboxylic acid groups (broad SMARTS) is 1. The molecule has 3 heteroatoms. The molecule has 1 N–H and O–H groups in total. The number of aliphatic carboxylic acids is 1. The molecule has 0 saturated heterocycles. The van der Waals surface area contributed by atoms with Crippen LogP contribution in [0.2, 0.25) is 0 Å². The lowest BCUT2D eigenvalue weighted by Crippen LogP contribution is -2.03. The van der Waals surface area contributed by atoms with Crippen molar-refractivity contribution in [1.29, 1.82) is 0 Å². The highest BCUT2D eigenvalue weighted by Gasteiger charge is 2.15. The van der Waals surface area contributed by atoms with Crippen molar-refractivity contribution in [2.45, 2.75) is 57.3 Å². The number of terminal acetylenes is 1. The molecule has 0 bridgehead atoms. The Morgan fingerprint density at radius 1 is 1.29 bits per heavy atom. The van der Waals surface area contributed by atoms with Crippen molar-refractivity contribution in [3.8, 4) is 24.2 Å². The summed E-state index contributed by atoms with van der Waals surface area (Å²) >= 11 is 0. The zero-order valence-electron chi connectivity index (χ0n) is 12.3. The Labute approximate surface area is 126 Å². The first-order valence-electron chi connectivity index (χ1n) is 7.42. The SMILES string of the molecule is C#CC#CCCCCCCC(CCC(=O)O)c1ccco1. The predicted molar refractivity (Wildman–Crippen MR) is 82.6 cm³/mol. The normalized spacial score (nSPS) is 11.2. The first-order valence-corrected chi connectivity index (χ1v) is 7.42. The van der Waals surface area contributed by atoms with Crippen molar-refractivity contribution in [3.63, 3.8) is 0 Å². The maximum Gasteiger partial charge on any atom is 0.303 e. The summed E-state index contributed by atoms with van der Waals surface area (Å²) in [6, 6.07) is 3.79. The maximum absolute atomic E-state index is 10.7. The average molecular weight is 286 g/mol. The minimum absolute atomic E-state index is 0.188. The van der Waals surface area contributed by atoms with Crippen LogP contribution in [-0.4, -0.2) is 11.1 Å². The number of carboxylic acids is 1. The van der Waals surface area contributed by atoms with Gasteiger partial charge < -0.3 is 9.52 Å². The van der Waals surface area contributed by atoms with Gasteiger partial charge in [0.05, 0.1) is 6.26 Å². The van der Waals surface area contributed by atoms with Crippen LogP contribution in [0, 0.1) is 24.2 Å². The van der Waals surface area contributed by atoms with E-state index < -0.39 is 5.97 Å². The van der Waals surface area contributed by atoms with Gasteiger partial charge in [0, 0.05) is 18.8 Å². The fourth-order valence-corrected chi connectivity index (χ4v) is 2.32. The van der Waals surface area contributed by atoms with Crippen molar-refractivity contribution in [3.05, 3.63) is 24.2 Å². The first-order chi connectivity index (χ1) is 10.2. The maximum atomic E-state index is 10.7. The van der Waals surface area contributed by atoms with Gasteiger partial charge in [-0.05, 0) is 43.2 Å². The Balaban J connectivity index is 2.24. The largest absolute Gasteiger partial charge is 0.481 e. The second kappa shape index (κ2) is 10.6. The van der Waals surface area contributed by atoms with Gasteiger partial charge in [0.15, 0.2) is 0 Å². The van der Waals surface area contributed by atoms with E-state index in [0.717, 1.165) is 44.3 Å². The quantitative estimate of drug-likeness (QED) is 0.518. The van der Waals surface area contributed by atoms with E-state index in [2.05, 4.69) is 17.8 Å². The molecule has 0 radical (unpaired) electrons. The van der Waals surface area contributed by atoms with Crippen LogP contribution in [0.15, 0.2) is 22.8 Å². The summed E-state index contributed by atoms with van der Waals surface area (Å²) < 4.78 is 5.42. The molecule has 1 aromatic heterocycles. The van der Waals surface area contributed by atoms with Gasteiger partial charge in [0.25, 0.3) is 0 Å². The Kier molecular flexibility index (Phi) is 8.57. The van der Waals surface area contributed by atoms with Gasteiger partial charge in [-0.15, -0.1) is 6.42 Å². The minimum atomic E-state index is -0.751. The van der Waals surface area contributed by atoms with Crippen molar-refractivity contribution >= 4 is 5.97 Å². The number of rotatable bonds is 10. The molecule has 3 nitrogen and oxygen atoms in total. The molecule has 0 aromatic carbocycles. The van der Waals surface area contributed by atoms with Gasteiger partial charge in [-0.3, -0.25) is 4.79 Å². The van der Waals surface area contributed by atoms with Gasteiger partial charge in [-0.1, -0.05) is 25.2 Å². The van der Waals surface area contributed by atoms with Gasteiger partial charge >= 0.3 is 5.97 Å². The lowest BCUT2D eigenvalue weighted by atomic mass is 9.93. The van der Waals surface area contributed by atoms with E-state index in [-0.39, 0.29) is 12.3 Å². The highest BCUT2D eigenvalue weighted by atomic mass is 16.4. The highest BCUT2D eigenvalue weighted by molar-refractivity contribution is 5.66. The van der Waals surface area contributed by atoms with Gasteiger partial charge in [0.1, 0.15) is 5.76 Å². The Morgan fingerprint density at radius 3 is 2.76 bits per heavy atom. The third-order valence-electron chi connectivity index (χ3n) is 3.42. The number of hydrogen-bond acceptors (Lipinski definition) is 2. The van der Waals surface area contributed by atoms with E-state index in [9.17, 15) is 4.79 Å². The van der Waals surface area contributed by atoms with Crippen LogP contribution in [0.5, 0.6) is 0 Å². The lowest BCUT2D eigenvalue weighted by Gasteiger charge is -2.13. The van der Waals surface area contributed by atoms with Crippen molar-refractivity contribution in [2.75, 3.05) is 0 Å². The second-order valence-electron chi connectivity index (χ2n) is 5.04. The Morgan fingerprint density at radius 2 is 2.10 bits per heavy atom. The minimum Gasteiger partial charge on any atom is -0.481 e. The smallest absolute Gasteiger partial charge is 0.303 e. The summed E-state index contributed by atoms with van der Waals surface area (Å²) in [5.41, 5.74) is 0. The summed E-state index contributed by atoms with van der Waals surface area (Å²) in [5, 5.41) is 8.81. The molecule has 1 atom stereocenters. The molecule has 0 aliphatic rings. The van der Waals surface area contributed by atoms with E-state index in [4.69, 9.17) is 15.9 Å². The van der Waals surface area contributed by atoms with Crippen LogP contribution >= 0.6 is 0 Å². The molecule has 0 amide bonds. The van der Waals surface area contributed by atoms with Crippen LogP contribution in [-0.2, 0) is 4.79 Å². The zero-order valence-corrected chi connectivity index (χ0v) is 12.3. The summed E-state index contributed by atoms with van der Waals surface area (Å²) in [6.45, 7) is 0. The van der Waals surface area contributed by atoms with Crippen molar-refractivity contribution < 1.29 is 14.3 Å². The lowest BCUT2D eigenvalue weighted by molar-refractivity contribution is -0.137. The van der Waals surface area contributed by atoms with Crippen LogP contribution in [0.25, 0.3) is 0 Å². The summed E-state index contributed by atoms with van der Waals surface area (Å²) in [4.78, 5) is 10.7. The molecule has 0 aliphatic heterocycles. The van der Waals surface area contributed by atoms with Crippen molar-refractivity contribution in [1.82, 2.24) is 0 Å². The van der Waals surface area contributed by atoms with Gasteiger partial charge in [0.2, 0.25) is 0 Å². The fourth-order valence-electron chi connectivity index (χ4n) is 2.32. The molecule has 0 fully saturated rings. The number of unbranched alkanes of at least 4 members (excludes halogenated alkanes) is 4. The van der Waals surface area contributed by atoms with E-state index in [1.807, 2.05) is 12.1 Å². The van der Waals surface area contributed by atoms with E-state index in [1.165, 1.54) is 0 Å². The van der Waals surface area contributed by atoms with Crippen LogP contribution in [0.4, 0.5) is 0 Å². The number of carbonyl (C=O) groups is 1. The molecule has 0 saturated carbocycles. The number of hydrogen-bond donors (Lipinski definition) is 1. The molecule has 21 heavy (non-hydrogen) atoms. The predicted octanol–water partition coefficient (Wildman–Crippen LogP) is 4.21. The molecular formula is C18H22O3. The molecule has 0 aliphatic carbocycles. The summed E-state index contributed by atoms with van der Waals surface area (Å²) in [7, 11) is 0. The molecule has 0 spiro atoms. The van der Waals surface area contributed by atoms with Crippen LogP contribution in [0.3, 0.4) is 0 Å². The molecule has 1 aromatic rings. The van der Waals surface area contributed by atoms with Gasteiger partial charge in [-0.25, -0.2) is 0 Å². The summed E-state index contributed by atoms with van der Waals surface area (Å²) in [6.07, 6.45) is 13.7. The van der Waals surface area contributed by atoms with Crippen LogP contribution < -0.4 is 0 Å². The Hall–Kier alpha value is -2.13. The monoisotopic (exact) mass is 286 g/mol. The highest BCUT2D eigenvalue weighted by Crippen LogP contribution is 2.27.